The van der Waals surface area contributed by atoms with Crippen LogP contribution in [-0.4, -0.2) is 39.6 Å². The molecule has 1 aliphatic rings. The molecule has 0 unspecified atom stereocenters. The van der Waals surface area contributed by atoms with Gasteiger partial charge in [0.1, 0.15) is 11.6 Å². The smallest absolute Gasteiger partial charge is 0.236 e. The van der Waals surface area contributed by atoms with E-state index in [-0.39, 0.29) is 10.8 Å². The van der Waals surface area contributed by atoms with Crippen LogP contribution in [0.25, 0.3) is 11.3 Å². The van der Waals surface area contributed by atoms with Crippen molar-refractivity contribution in [2.24, 2.45) is 0 Å². The van der Waals surface area contributed by atoms with Gasteiger partial charge in [-0.2, -0.15) is 0 Å². The van der Waals surface area contributed by atoms with Gasteiger partial charge in [-0.1, -0.05) is 30.3 Å². The van der Waals surface area contributed by atoms with Gasteiger partial charge in [0, 0.05) is 18.8 Å². The van der Waals surface area contributed by atoms with E-state index in [1.807, 2.05) is 36.4 Å². The number of methoxy groups -OCH3 is 1. The topological polar surface area (TPSA) is 94.6 Å². The molecule has 166 valence electrons. The molecular weight excluding hydrogens is 428 g/mol. The third-order valence-corrected chi connectivity index (χ3v) is 6.51. The lowest BCUT2D eigenvalue weighted by Gasteiger charge is -2.36. The van der Waals surface area contributed by atoms with Crippen LogP contribution in [0, 0.1) is 0 Å². The zero-order chi connectivity index (χ0) is 22.6. The molecule has 1 fully saturated rings. The summed E-state index contributed by atoms with van der Waals surface area (Å²) in [6.45, 7) is 1.00. The van der Waals surface area contributed by atoms with E-state index in [1.54, 1.807) is 25.3 Å². The van der Waals surface area contributed by atoms with Crippen molar-refractivity contribution in [2.75, 3.05) is 25.6 Å². The van der Waals surface area contributed by atoms with E-state index < -0.39 is 16.1 Å². The predicted molar refractivity (Wildman–Crippen MR) is 122 cm³/mol. The van der Waals surface area contributed by atoms with Crippen LogP contribution in [0.1, 0.15) is 18.4 Å². The number of carbonyl (C=O) groups excluding carboxylic acids is 1. The first-order valence-corrected chi connectivity index (χ1v) is 11.5. The molecule has 1 aromatic heterocycles. The molecule has 8 heteroatoms. The normalized spacial score (nSPS) is 15.3. The maximum atomic E-state index is 13.5. The van der Waals surface area contributed by atoms with E-state index >= 15 is 0 Å². The number of nitrogens with one attached hydrogen (secondary N) is 1. The van der Waals surface area contributed by atoms with Gasteiger partial charge in [0.25, 0.3) is 0 Å². The maximum absolute atomic E-state index is 13.5. The summed E-state index contributed by atoms with van der Waals surface area (Å²) in [7, 11) is -1.02. The Labute approximate surface area is 188 Å². The maximum Gasteiger partial charge on any atom is 0.236 e. The average molecular weight is 453 g/mol. The van der Waals surface area contributed by atoms with Gasteiger partial charge in [-0.3, -0.25) is 4.79 Å². The van der Waals surface area contributed by atoms with Crippen molar-refractivity contribution in [1.82, 2.24) is 4.98 Å². The monoisotopic (exact) mass is 452 g/mol. The predicted octanol–water partition coefficient (Wildman–Crippen LogP) is 3.41. The molecule has 1 saturated heterocycles. The number of anilines is 1. The fourth-order valence-corrected chi connectivity index (χ4v) is 4.32. The van der Waals surface area contributed by atoms with Crippen LogP contribution in [0.3, 0.4) is 0 Å². The van der Waals surface area contributed by atoms with Crippen LogP contribution in [0.15, 0.2) is 71.6 Å². The summed E-state index contributed by atoms with van der Waals surface area (Å²) in [4.78, 5) is 18.3. The average Bonchev–Trinajstić information content (AvgIpc) is 2.84. The highest BCUT2D eigenvalue weighted by Crippen LogP contribution is 2.37. The summed E-state index contributed by atoms with van der Waals surface area (Å²) in [6, 6.07) is 19.4. The van der Waals surface area contributed by atoms with Crippen molar-refractivity contribution in [3.05, 3.63) is 72.3 Å². The number of hydrogen-bond acceptors (Lipinski definition) is 6. The number of carbonyl (C=O) groups is 1. The molecule has 1 N–H and O–H groups in total. The quantitative estimate of drug-likeness (QED) is 0.557. The summed E-state index contributed by atoms with van der Waals surface area (Å²) in [5.74, 6) is 1.04. The van der Waals surface area contributed by atoms with Crippen LogP contribution in [0.5, 0.6) is 5.75 Å². The van der Waals surface area contributed by atoms with Gasteiger partial charge in [-0.15, -0.1) is 0 Å². The summed E-state index contributed by atoms with van der Waals surface area (Å²) in [5, 5.41) is 2.99. The van der Waals surface area contributed by atoms with Crippen molar-refractivity contribution >= 4 is 22.4 Å². The Morgan fingerprint density at radius 1 is 1.00 bits per heavy atom. The van der Waals surface area contributed by atoms with E-state index in [1.165, 1.54) is 12.1 Å². The van der Waals surface area contributed by atoms with Gasteiger partial charge in [0.05, 0.1) is 23.1 Å². The van der Waals surface area contributed by atoms with Crippen molar-refractivity contribution in [2.45, 2.75) is 23.2 Å². The van der Waals surface area contributed by atoms with Crippen molar-refractivity contribution in [3.8, 4) is 17.0 Å². The highest BCUT2D eigenvalue weighted by Gasteiger charge is 2.42. The highest BCUT2D eigenvalue weighted by molar-refractivity contribution is 7.72. The lowest BCUT2D eigenvalue weighted by Crippen LogP contribution is -2.45. The van der Waals surface area contributed by atoms with Crippen LogP contribution >= 0.6 is 0 Å². The summed E-state index contributed by atoms with van der Waals surface area (Å²) in [5.41, 5.74) is 1.60. The third kappa shape index (κ3) is 4.51. The minimum absolute atomic E-state index is 0.130. The Morgan fingerprint density at radius 2 is 1.69 bits per heavy atom. The molecule has 2 heterocycles. The summed E-state index contributed by atoms with van der Waals surface area (Å²) < 4.78 is 33.0. The van der Waals surface area contributed by atoms with Gasteiger partial charge >= 0.3 is 0 Å². The lowest BCUT2D eigenvalue weighted by molar-refractivity contribution is -0.125. The molecule has 0 radical (unpaired) electrons. The molecule has 3 aromatic rings. The molecule has 0 saturated carbocycles. The van der Waals surface area contributed by atoms with E-state index in [9.17, 15) is 13.2 Å². The van der Waals surface area contributed by atoms with Crippen LogP contribution in [0.2, 0.25) is 0 Å². The van der Waals surface area contributed by atoms with E-state index in [0.29, 0.717) is 37.6 Å². The first-order valence-electron chi connectivity index (χ1n) is 10.3. The minimum Gasteiger partial charge on any atom is -0.497 e. The largest absolute Gasteiger partial charge is 0.497 e. The van der Waals surface area contributed by atoms with E-state index in [0.717, 1.165) is 16.9 Å². The minimum atomic E-state index is -2.63. The third-order valence-electron chi connectivity index (χ3n) is 5.79. The lowest BCUT2D eigenvalue weighted by atomic mass is 9.73. The fraction of sp³-hybridized carbons (Fsp3) is 0.250. The molecule has 0 atom stereocenters. The van der Waals surface area contributed by atoms with E-state index in [2.05, 4.69) is 10.3 Å². The van der Waals surface area contributed by atoms with Crippen molar-refractivity contribution < 1.29 is 22.7 Å². The first-order chi connectivity index (χ1) is 15.5. The number of thiol groups is 1. The zero-order valence-electron chi connectivity index (χ0n) is 17.6. The van der Waals surface area contributed by atoms with Crippen LogP contribution in [0.4, 0.5) is 5.82 Å². The van der Waals surface area contributed by atoms with Gasteiger partial charge in [-0.25, -0.2) is 13.4 Å². The summed E-state index contributed by atoms with van der Waals surface area (Å²) >= 11 is 0. The standard InChI is InChI=1S/C24H24N2O5S/c1-30-19-9-7-18(8-10-19)24(13-15-31-16-14-24)23(27)26-22-4-2-3-21(25-22)17-5-11-20(12-6-17)32(28)29/h2-12,32H,13-16H2,1H3,(H,25,26,27). The second kappa shape index (κ2) is 9.50. The molecule has 1 aliphatic heterocycles. The number of ether oxygens (including phenoxy) is 2. The Morgan fingerprint density at radius 3 is 2.31 bits per heavy atom. The second-order valence-electron chi connectivity index (χ2n) is 7.59. The van der Waals surface area contributed by atoms with Crippen molar-refractivity contribution in [3.63, 3.8) is 0 Å². The number of aromatic nitrogens is 1. The number of benzene rings is 2. The van der Waals surface area contributed by atoms with Crippen molar-refractivity contribution in [1.29, 1.82) is 0 Å². The molecule has 1 amide bonds. The molecule has 0 bridgehead atoms. The Bertz CT molecular complexity index is 1160. The SMILES string of the molecule is COc1ccc(C2(C(=O)Nc3cccc(-c4ccc([SH](=O)=O)cc4)n3)CCOCC2)cc1. The van der Waals surface area contributed by atoms with Gasteiger partial charge in [0.2, 0.25) is 5.91 Å². The molecule has 0 aliphatic carbocycles. The molecule has 32 heavy (non-hydrogen) atoms. The van der Waals surface area contributed by atoms with Gasteiger partial charge in [0.15, 0.2) is 10.7 Å². The van der Waals surface area contributed by atoms with Gasteiger partial charge < -0.3 is 14.8 Å². The molecule has 7 nitrogen and oxygen atoms in total. The Hall–Kier alpha value is -3.23. The molecular formula is C24H24N2O5S. The van der Waals surface area contributed by atoms with Crippen LogP contribution < -0.4 is 10.1 Å². The molecule has 4 rings (SSSR count). The first kappa shape index (κ1) is 22.0. The zero-order valence-corrected chi connectivity index (χ0v) is 18.5. The van der Waals surface area contributed by atoms with E-state index in [4.69, 9.17) is 9.47 Å². The number of hydrogen-bond donors (Lipinski definition) is 2. The van der Waals surface area contributed by atoms with Crippen LogP contribution in [-0.2, 0) is 25.7 Å². The number of amides is 1. The summed E-state index contributed by atoms with van der Waals surface area (Å²) in [6.07, 6.45) is 1.14. The highest BCUT2D eigenvalue weighted by atomic mass is 32.2. The number of pyridine rings is 1. The molecule has 2 aromatic carbocycles. The number of rotatable bonds is 6. The Kier molecular flexibility index (Phi) is 6.53. The second-order valence-corrected chi connectivity index (χ2v) is 8.62. The Balaban J connectivity index is 1.60. The number of nitrogens with zero attached hydrogens (tertiary/aromatic N) is 1. The van der Waals surface area contributed by atoms with Gasteiger partial charge in [-0.05, 0) is 54.8 Å². The molecule has 0 spiro atoms. The fourth-order valence-electron chi connectivity index (χ4n) is 3.93.